The van der Waals surface area contributed by atoms with Crippen molar-refractivity contribution < 1.29 is 4.79 Å². The number of nitrogens with zero attached hydrogens (tertiary/aromatic N) is 3. The summed E-state index contributed by atoms with van der Waals surface area (Å²) in [6.45, 7) is 5.78. The Morgan fingerprint density at radius 2 is 1.86 bits per heavy atom. The van der Waals surface area contributed by atoms with Crippen LogP contribution in [0.25, 0.3) is 0 Å². The Morgan fingerprint density at radius 1 is 1.09 bits per heavy atom. The number of anilines is 2. The van der Waals surface area contributed by atoms with Gasteiger partial charge in [0.05, 0.1) is 0 Å². The van der Waals surface area contributed by atoms with Gasteiger partial charge in [-0.1, -0.05) is 12.1 Å². The number of benzene rings is 1. The van der Waals surface area contributed by atoms with Gasteiger partial charge in [0, 0.05) is 18.8 Å². The molecular weight excluding hydrogens is 276 g/mol. The monoisotopic (exact) mass is 296 g/mol. The summed E-state index contributed by atoms with van der Waals surface area (Å²) in [5.41, 5.74) is 3.82. The Balaban J connectivity index is 1.74. The van der Waals surface area contributed by atoms with Gasteiger partial charge in [-0.3, -0.25) is 4.79 Å². The van der Waals surface area contributed by atoms with Crippen LogP contribution in [0.15, 0.2) is 30.3 Å². The number of hydrogen-bond acceptors (Lipinski definition) is 4. The number of aromatic nitrogens is 2. The number of nitrogens with one attached hydrogen (secondary N) is 1. The highest BCUT2D eigenvalue weighted by molar-refractivity contribution is 5.92. The Hall–Kier alpha value is -2.43. The minimum absolute atomic E-state index is 0.0247. The van der Waals surface area contributed by atoms with Crippen LogP contribution in [0.5, 0.6) is 0 Å². The molecule has 1 aliphatic heterocycles. The second kappa shape index (κ2) is 6.13. The van der Waals surface area contributed by atoms with Crippen LogP contribution >= 0.6 is 0 Å². The molecule has 3 rings (SSSR count). The van der Waals surface area contributed by atoms with Crippen LogP contribution in [-0.4, -0.2) is 34.1 Å². The summed E-state index contributed by atoms with van der Waals surface area (Å²) in [5, 5.41) is 11.4. The number of carbonyl (C=O) groups is 1. The summed E-state index contributed by atoms with van der Waals surface area (Å²) >= 11 is 0. The summed E-state index contributed by atoms with van der Waals surface area (Å²) in [7, 11) is 0. The molecule has 1 N–H and O–H groups in total. The average molecular weight is 296 g/mol. The smallest absolute Gasteiger partial charge is 0.274 e. The zero-order chi connectivity index (χ0) is 15.5. The van der Waals surface area contributed by atoms with Crippen LogP contribution < -0.4 is 5.32 Å². The van der Waals surface area contributed by atoms with Gasteiger partial charge in [-0.15, -0.1) is 10.2 Å². The molecule has 0 radical (unpaired) electrons. The van der Waals surface area contributed by atoms with E-state index in [1.807, 2.05) is 17.0 Å². The van der Waals surface area contributed by atoms with Crippen molar-refractivity contribution in [2.45, 2.75) is 26.7 Å². The first-order chi connectivity index (χ1) is 10.6. The van der Waals surface area contributed by atoms with Gasteiger partial charge in [-0.25, -0.2) is 0 Å². The van der Waals surface area contributed by atoms with Crippen LogP contribution in [0.2, 0.25) is 0 Å². The van der Waals surface area contributed by atoms with Gasteiger partial charge in [0.25, 0.3) is 5.91 Å². The second-order valence-corrected chi connectivity index (χ2v) is 5.68. The van der Waals surface area contributed by atoms with E-state index in [0.29, 0.717) is 11.5 Å². The molecule has 0 unspecified atom stereocenters. The molecule has 1 amide bonds. The minimum Gasteiger partial charge on any atom is -0.339 e. The Kier molecular flexibility index (Phi) is 4.04. The van der Waals surface area contributed by atoms with E-state index in [9.17, 15) is 4.79 Å². The molecular formula is C17H20N4O. The molecule has 1 fully saturated rings. The molecule has 2 heterocycles. The molecule has 1 aromatic carbocycles. The van der Waals surface area contributed by atoms with Gasteiger partial charge in [0.2, 0.25) is 0 Å². The highest BCUT2D eigenvalue weighted by atomic mass is 16.2. The first kappa shape index (κ1) is 14.5. The molecule has 0 atom stereocenters. The van der Waals surface area contributed by atoms with Crippen LogP contribution in [0.4, 0.5) is 11.5 Å². The lowest BCUT2D eigenvalue weighted by atomic mass is 10.1. The van der Waals surface area contributed by atoms with Crippen molar-refractivity contribution in [1.82, 2.24) is 15.1 Å². The van der Waals surface area contributed by atoms with E-state index in [2.05, 4.69) is 35.4 Å². The third kappa shape index (κ3) is 2.93. The molecule has 5 heteroatoms. The van der Waals surface area contributed by atoms with E-state index in [4.69, 9.17) is 0 Å². The minimum atomic E-state index is -0.0247. The SMILES string of the molecule is Cc1cccc(Nc2ccc(C(=O)N3CCCC3)nn2)c1C. The molecule has 0 spiro atoms. The lowest BCUT2D eigenvalue weighted by Crippen LogP contribution is -2.28. The third-order valence-corrected chi connectivity index (χ3v) is 4.14. The van der Waals surface area contributed by atoms with E-state index in [1.54, 1.807) is 12.1 Å². The highest BCUT2D eigenvalue weighted by Crippen LogP contribution is 2.21. The molecule has 5 nitrogen and oxygen atoms in total. The van der Waals surface area contributed by atoms with Crippen molar-refractivity contribution in [3.8, 4) is 0 Å². The topological polar surface area (TPSA) is 58.1 Å². The van der Waals surface area contributed by atoms with Crippen LogP contribution in [0, 0.1) is 13.8 Å². The number of aryl methyl sites for hydroxylation is 1. The molecule has 1 saturated heterocycles. The van der Waals surface area contributed by atoms with Crippen molar-refractivity contribution in [2.75, 3.05) is 18.4 Å². The number of rotatable bonds is 3. The largest absolute Gasteiger partial charge is 0.339 e. The van der Waals surface area contributed by atoms with Gasteiger partial charge in [0.1, 0.15) is 0 Å². The first-order valence-electron chi connectivity index (χ1n) is 7.61. The molecule has 0 bridgehead atoms. The van der Waals surface area contributed by atoms with Crippen molar-refractivity contribution in [2.24, 2.45) is 0 Å². The Morgan fingerprint density at radius 3 is 2.55 bits per heavy atom. The fraction of sp³-hybridized carbons (Fsp3) is 0.353. The van der Waals surface area contributed by atoms with E-state index in [-0.39, 0.29) is 5.91 Å². The maximum Gasteiger partial charge on any atom is 0.274 e. The van der Waals surface area contributed by atoms with E-state index >= 15 is 0 Å². The second-order valence-electron chi connectivity index (χ2n) is 5.68. The van der Waals surface area contributed by atoms with Crippen molar-refractivity contribution >= 4 is 17.4 Å². The maximum atomic E-state index is 12.2. The molecule has 1 aromatic heterocycles. The van der Waals surface area contributed by atoms with Gasteiger partial charge >= 0.3 is 0 Å². The quantitative estimate of drug-likeness (QED) is 0.945. The normalized spacial score (nSPS) is 14.2. The summed E-state index contributed by atoms with van der Waals surface area (Å²) in [6, 6.07) is 9.62. The summed E-state index contributed by atoms with van der Waals surface area (Å²) < 4.78 is 0. The maximum absolute atomic E-state index is 12.2. The van der Waals surface area contributed by atoms with Gasteiger partial charge < -0.3 is 10.2 Å². The van der Waals surface area contributed by atoms with E-state index < -0.39 is 0 Å². The van der Waals surface area contributed by atoms with Crippen LogP contribution in [0.3, 0.4) is 0 Å². The van der Waals surface area contributed by atoms with Crippen LogP contribution in [-0.2, 0) is 0 Å². The predicted octanol–water partition coefficient (Wildman–Crippen LogP) is 3.07. The average Bonchev–Trinajstić information content (AvgIpc) is 3.06. The first-order valence-corrected chi connectivity index (χ1v) is 7.61. The number of amides is 1. The summed E-state index contributed by atoms with van der Waals surface area (Å²) in [4.78, 5) is 14.1. The molecule has 2 aromatic rings. The van der Waals surface area contributed by atoms with Crippen molar-refractivity contribution in [3.63, 3.8) is 0 Å². The third-order valence-electron chi connectivity index (χ3n) is 4.14. The Labute approximate surface area is 130 Å². The van der Waals surface area contributed by atoms with E-state index in [1.165, 1.54) is 11.1 Å². The molecule has 1 aliphatic rings. The zero-order valence-corrected chi connectivity index (χ0v) is 13.0. The number of carbonyl (C=O) groups excluding carboxylic acids is 1. The lowest BCUT2D eigenvalue weighted by Gasteiger charge is -2.14. The van der Waals surface area contributed by atoms with E-state index in [0.717, 1.165) is 31.6 Å². The standard InChI is InChI=1S/C17H20N4O/c1-12-6-5-7-14(13(12)2)18-16-9-8-15(19-20-16)17(22)21-10-3-4-11-21/h5-9H,3-4,10-11H2,1-2H3,(H,18,20). The number of likely N-dealkylation sites (tertiary alicyclic amines) is 1. The summed E-state index contributed by atoms with van der Waals surface area (Å²) in [5.74, 6) is 0.620. The number of hydrogen-bond donors (Lipinski definition) is 1. The summed E-state index contributed by atoms with van der Waals surface area (Å²) in [6.07, 6.45) is 2.15. The zero-order valence-electron chi connectivity index (χ0n) is 13.0. The van der Waals surface area contributed by atoms with Crippen molar-refractivity contribution in [3.05, 3.63) is 47.2 Å². The molecule has 114 valence electrons. The Bertz CT molecular complexity index is 676. The predicted molar refractivity (Wildman–Crippen MR) is 86.4 cm³/mol. The molecule has 0 saturated carbocycles. The molecule has 0 aliphatic carbocycles. The lowest BCUT2D eigenvalue weighted by molar-refractivity contribution is 0.0786. The van der Waals surface area contributed by atoms with Crippen LogP contribution in [0.1, 0.15) is 34.5 Å². The van der Waals surface area contributed by atoms with Gasteiger partial charge in [0.15, 0.2) is 11.5 Å². The molecule has 22 heavy (non-hydrogen) atoms. The van der Waals surface area contributed by atoms with Gasteiger partial charge in [-0.2, -0.15) is 0 Å². The fourth-order valence-electron chi connectivity index (χ4n) is 2.62. The van der Waals surface area contributed by atoms with Crippen molar-refractivity contribution in [1.29, 1.82) is 0 Å². The fourth-order valence-corrected chi connectivity index (χ4v) is 2.62. The highest BCUT2D eigenvalue weighted by Gasteiger charge is 2.20. The van der Waals surface area contributed by atoms with Gasteiger partial charge in [-0.05, 0) is 56.0 Å².